The molecule has 5 heteroatoms. The van der Waals surface area contributed by atoms with Crippen molar-refractivity contribution in [2.75, 3.05) is 11.4 Å². The van der Waals surface area contributed by atoms with E-state index in [-0.39, 0.29) is 0 Å². The summed E-state index contributed by atoms with van der Waals surface area (Å²) in [5, 5.41) is 5.28. The Kier molecular flexibility index (Phi) is 2.73. The van der Waals surface area contributed by atoms with Crippen LogP contribution in [0.4, 0.5) is 5.13 Å². The number of hydrogen-bond acceptors (Lipinski definition) is 5. The second-order valence-corrected chi connectivity index (χ2v) is 6.19. The van der Waals surface area contributed by atoms with Gasteiger partial charge in [0.05, 0.1) is 16.3 Å². The number of nitrogens with zero attached hydrogens (tertiary/aromatic N) is 3. The van der Waals surface area contributed by atoms with Gasteiger partial charge < -0.3 is 9.42 Å². The number of anilines is 1. The molecule has 4 nitrogen and oxygen atoms in total. The van der Waals surface area contributed by atoms with Crippen molar-refractivity contribution in [1.29, 1.82) is 0 Å². The first-order valence-corrected chi connectivity index (χ1v) is 7.68. The molecular formula is C15H15N3OS. The van der Waals surface area contributed by atoms with Gasteiger partial charge in [-0.15, -0.1) is 0 Å². The maximum absolute atomic E-state index is 5.23. The Morgan fingerprint density at radius 1 is 1.35 bits per heavy atom. The summed E-state index contributed by atoms with van der Waals surface area (Å²) in [6.07, 6.45) is 2.29. The van der Waals surface area contributed by atoms with Crippen molar-refractivity contribution >= 4 is 26.7 Å². The highest BCUT2D eigenvalue weighted by Crippen LogP contribution is 2.39. The van der Waals surface area contributed by atoms with Gasteiger partial charge in [-0.2, -0.15) is 0 Å². The minimum absolute atomic E-state index is 0.299. The summed E-state index contributed by atoms with van der Waals surface area (Å²) in [6, 6.07) is 10.6. The van der Waals surface area contributed by atoms with Crippen molar-refractivity contribution in [1.82, 2.24) is 10.1 Å². The number of hydrogen-bond donors (Lipinski definition) is 0. The van der Waals surface area contributed by atoms with Crippen LogP contribution in [0.2, 0.25) is 0 Å². The van der Waals surface area contributed by atoms with Crippen LogP contribution in [-0.4, -0.2) is 16.7 Å². The molecule has 1 aliphatic rings. The monoisotopic (exact) mass is 285 g/mol. The van der Waals surface area contributed by atoms with Crippen LogP contribution in [0.25, 0.3) is 10.2 Å². The predicted molar refractivity (Wildman–Crippen MR) is 80.2 cm³/mol. The molecule has 4 rings (SSSR count). The first-order chi connectivity index (χ1) is 9.81. The lowest BCUT2D eigenvalue weighted by atomic mass is 10.1. The summed E-state index contributed by atoms with van der Waals surface area (Å²) >= 11 is 1.76. The van der Waals surface area contributed by atoms with Gasteiger partial charge in [-0.1, -0.05) is 28.6 Å². The molecule has 2 aromatic heterocycles. The van der Waals surface area contributed by atoms with E-state index < -0.39 is 0 Å². The second-order valence-electron chi connectivity index (χ2n) is 5.18. The van der Waals surface area contributed by atoms with Gasteiger partial charge in [-0.25, -0.2) is 4.98 Å². The summed E-state index contributed by atoms with van der Waals surface area (Å²) in [4.78, 5) is 7.13. The minimum Gasteiger partial charge on any atom is -0.361 e. The molecular weight excluding hydrogens is 270 g/mol. The molecule has 1 saturated heterocycles. The average molecular weight is 285 g/mol. The molecule has 1 aliphatic heterocycles. The van der Waals surface area contributed by atoms with Gasteiger partial charge in [-0.3, -0.25) is 0 Å². The van der Waals surface area contributed by atoms with Crippen LogP contribution in [0.5, 0.6) is 0 Å². The van der Waals surface area contributed by atoms with E-state index in [4.69, 9.17) is 9.51 Å². The lowest BCUT2D eigenvalue weighted by Gasteiger charge is -2.21. The van der Waals surface area contributed by atoms with E-state index in [2.05, 4.69) is 28.3 Å². The van der Waals surface area contributed by atoms with Crippen molar-refractivity contribution in [2.24, 2.45) is 0 Å². The molecule has 1 aromatic carbocycles. The number of para-hydroxylation sites is 1. The van der Waals surface area contributed by atoms with E-state index in [0.29, 0.717) is 6.04 Å². The Morgan fingerprint density at radius 3 is 3.05 bits per heavy atom. The molecule has 3 aromatic rings. The third kappa shape index (κ3) is 1.89. The van der Waals surface area contributed by atoms with E-state index >= 15 is 0 Å². The van der Waals surface area contributed by atoms with Gasteiger partial charge in [0.25, 0.3) is 0 Å². The molecule has 1 atom stereocenters. The van der Waals surface area contributed by atoms with Crippen LogP contribution in [0.15, 0.2) is 34.9 Å². The fourth-order valence-corrected chi connectivity index (χ4v) is 3.87. The van der Waals surface area contributed by atoms with E-state index in [1.807, 2.05) is 19.1 Å². The second kappa shape index (κ2) is 4.59. The van der Waals surface area contributed by atoms with E-state index in [9.17, 15) is 0 Å². The molecule has 0 unspecified atom stereocenters. The molecule has 0 radical (unpaired) electrons. The van der Waals surface area contributed by atoms with Crippen LogP contribution in [0.1, 0.15) is 30.3 Å². The van der Waals surface area contributed by atoms with Crippen LogP contribution < -0.4 is 4.90 Å². The summed E-state index contributed by atoms with van der Waals surface area (Å²) in [5.74, 6) is 0.871. The van der Waals surface area contributed by atoms with Crippen molar-refractivity contribution in [3.63, 3.8) is 0 Å². The molecule has 1 fully saturated rings. The Bertz CT molecular complexity index is 715. The molecule has 3 heterocycles. The normalized spacial score (nSPS) is 19.1. The fraction of sp³-hybridized carbons (Fsp3) is 0.333. The lowest BCUT2D eigenvalue weighted by Crippen LogP contribution is -2.22. The van der Waals surface area contributed by atoms with Crippen molar-refractivity contribution < 1.29 is 4.52 Å². The molecule has 0 bridgehead atoms. The third-order valence-corrected chi connectivity index (χ3v) is 4.84. The molecule has 0 spiro atoms. The number of fused-ring (bicyclic) bond motifs is 1. The topological polar surface area (TPSA) is 42.2 Å². The zero-order valence-corrected chi connectivity index (χ0v) is 12.1. The van der Waals surface area contributed by atoms with Crippen LogP contribution >= 0.6 is 11.3 Å². The van der Waals surface area contributed by atoms with Gasteiger partial charge in [0.15, 0.2) is 5.13 Å². The van der Waals surface area contributed by atoms with Crippen molar-refractivity contribution in [3.05, 3.63) is 41.8 Å². The Labute approximate surface area is 121 Å². The molecule has 20 heavy (non-hydrogen) atoms. The molecule has 102 valence electrons. The highest BCUT2D eigenvalue weighted by atomic mass is 32.1. The maximum atomic E-state index is 5.23. The number of aryl methyl sites for hydroxylation is 1. The van der Waals surface area contributed by atoms with Crippen molar-refractivity contribution in [3.8, 4) is 0 Å². The predicted octanol–water partition coefficient (Wildman–Crippen LogP) is 3.93. The fourth-order valence-electron chi connectivity index (χ4n) is 2.83. The van der Waals surface area contributed by atoms with Gasteiger partial charge in [0.2, 0.25) is 0 Å². The van der Waals surface area contributed by atoms with Crippen LogP contribution in [-0.2, 0) is 0 Å². The molecule has 0 saturated carbocycles. The number of benzene rings is 1. The smallest absolute Gasteiger partial charge is 0.187 e. The number of aromatic nitrogens is 2. The number of rotatable bonds is 2. The largest absolute Gasteiger partial charge is 0.361 e. The zero-order valence-electron chi connectivity index (χ0n) is 11.2. The average Bonchev–Trinajstić information content (AvgIpc) is 3.15. The van der Waals surface area contributed by atoms with Gasteiger partial charge in [0.1, 0.15) is 11.5 Å². The molecule has 0 N–H and O–H groups in total. The zero-order chi connectivity index (χ0) is 13.5. The maximum Gasteiger partial charge on any atom is 0.187 e. The van der Waals surface area contributed by atoms with Gasteiger partial charge in [0, 0.05) is 12.6 Å². The first kappa shape index (κ1) is 11.9. The van der Waals surface area contributed by atoms with Crippen LogP contribution in [0.3, 0.4) is 0 Å². The third-order valence-electron chi connectivity index (χ3n) is 3.77. The highest BCUT2D eigenvalue weighted by molar-refractivity contribution is 7.22. The Balaban J connectivity index is 1.72. The minimum atomic E-state index is 0.299. The molecule has 0 amide bonds. The SMILES string of the molecule is Cc1cc([C@@H]2CCCN2c2nc3ccccc3s2)no1. The number of thiazole rings is 1. The molecule has 0 aliphatic carbocycles. The van der Waals surface area contributed by atoms with Gasteiger partial charge in [-0.05, 0) is 31.9 Å². The highest BCUT2D eigenvalue weighted by Gasteiger charge is 2.30. The van der Waals surface area contributed by atoms with Crippen LogP contribution in [0, 0.1) is 6.92 Å². The Morgan fingerprint density at radius 2 is 2.25 bits per heavy atom. The van der Waals surface area contributed by atoms with E-state index in [1.54, 1.807) is 11.3 Å². The summed E-state index contributed by atoms with van der Waals surface area (Å²) in [6.45, 7) is 2.98. The van der Waals surface area contributed by atoms with E-state index in [1.165, 1.54) is 11.1 Å². The lowest BCUT2D eigenvalue weighted by molar-refractivity contribution is 0.385. The summed E-state index contributed by atoms with van der Waals surface area (Å²) in [5.41, 5.74) is 2.11. The van der Waals surface area contributed by atoms with Gasteiger partial charge >= 0.3 is 0 Å². The summed E-state index contributed by atoms with van der Waals surface area (Å²) in [7, 11) is 0. The Hall–Kier alpha value is -1.88. The summed E-state index contributed by atoms with van der Waals surface area (Å²) < 4.78 is 6.47. The standard InChI is InChI=1S/C15H15N3OS/c1-10-9-12(17-19-10)13-6-4-8-18(13)15-16-11-5-2-3-7-14(11)20-15/h2-3,5,7,9,13H,4,6,8H2,1H3/t13-/m0/s1. The van der Waals surface area contributed by atoms with Crippen molar-refractivity contribution in [2.45, 2.75) is 25.8 Å². The first-order valence-electron chi connectivity index (χ1n) is 6.87. The van der Waals surface area contributed by atoms with E-state index in [0.717, 1.165) is 35.1 Å². The quantitative estimate of drug-likeness (QED) is 0.715.